The minimum Gasteiger partial charge on any atom is -0.354 e. The van der Waals surface area contributed by atoms with Crippen LogP contribution in [0.15, 0.2) is 18.5 Å². The van der Waals surface area contributed by atoms with Crippen molar-refractivity contribution in [3.05, 3.63) is 24.0 Å². The molecule has 0 aliphatic rings. The molecule has 1 aromatic heterocycles. The van der Waals surface area contributed by atoms with Gasteiger partial charge in [0.15, 0.2) is 0 Å². The van der Waals surface area contributed by atoms with Gasteiger partial charge in [-0.2, -0.15) is 0 Å². The topological polar surface area (TPSA) is 30.9 Å². The third-order valence-electron chi connectivity index (χ3n) is 1.62. The molecule has 2 nitrogen and oxygen atoms in total. The van der Waals surface area contributed by atoms with E-state index in [1.807, 2.05) is 0 Å². The number of rotatable bonds is 3. The highest BCUT2D eigenvalue weighted by molar-refractivity contribution is 5.09. The number of hydrogen-bond donors (Lipinski definition) is 1. The van der Waals surface area contributed by atoms with E-state index in [0.717, 1.165) is 6.54 Å². The molecule has 0 spiro atoms. The quantitative estimate of drug-likeness (QED) is 0.700. The maximum Gasteiger partial charge on any atom is 0.0242 e. The Morgan fingerprint density at radius 1 is 1.55 bits per heavy atom. The highest BCUT2D eigenvalue weighted by Crippen LogP contribution is 2.03. The maximum atomic E-state index is 5.48. The zero-order chi connectivity index (χ0) is 8.27. The van der Waals surface area contributed by atoms with Gasteiger partial charge in [0.05, 0.1) is 0 Å². The maximum absolute atomic E-state index is 5.48. The minimum atomic E-state index is 0.644. The lowest BCUT2D eigenvalue weighted by Crippen LogP contribution is -2.01. The fraction of sp³-hybridized carbons (Fsp3) is 0.556. The molecule has 0 saturated heterocycles. The first-order valence-electron chi connectivity index (χ1n) is 4.07. The normalized spacial score (nSPS) is 10.9. The highest BCUT2D eigenvalue weighted by Gasteiger charge is 1.96. The van der Waals surface area contributed by atoms with Gasteiger partial charge in [-0.3, -0.25) is 0 Å². The first kappa shape index (κ1) is 8.34. The van der Waals surface area contributed by atoms with Crippen LogP contribution in [0.2, 0.25) is 0 Å². The molecule has 0 amide bonds. The van der Waals surface area contributed by atoms with Crippen LogP contribution in [-0.4, -0.2) is 4.57 Å². The lowest BCUT2D eigenvalue weighted by molar-refractivity contribution is 0.524. The zero-order valence-electron chi connectivity index (χ0n) is 7.25. The van der Waals surface area contributed by atoms with E-state index >= 15 is 0 Å². The Morgan fingerprint density at radius 3 is 2.73 bits per heavy atom. The molecule has 0 aliphatic heterocycles. The molecule has 0 aliphatic carbocycles. The summed E-state index contributed by atoms with van der Waals surface area (Å²) in [5.41, 5.74) is 6.69. The fourth-order valence-electron chi connectivity index (χ4n) is 1.15. The predicted octanol–water partition coefficient (Wildman–Crippen LogP) is 1.60. The molecule has 1 rings (SSSR count). The van der Waals surface area contributed by atoms with E-state index in [-0.39, 0.29) is 0 Å². The molecular formula is C9H16N2. The molecule has 0 bridgehead atoms. The van der Waals surface area contributed by atoms with Gasteiger partial charge >= 0.3 is 0 Å². The molecule has 62 valence electrons. The van der Waals surface area contributed by atoms with Crippen LogP contribution in [0.25, 0.3) is 0 Å². The molecule has 0 radical (unpaired) electrons. The summed E-state index contributed by atoms with van der Waals surface area (Å²) in [7, 11) is 0. The summed E-state index contributed by atoms with van der Waals surface area (Å²) in [4.78, 5) is 0. The van der Waals surface area contributed by atoms with Crippen LogP contribution in [0.4, 0.5) is 0 Å². The van der Waals surface area contributed by atoms with Gasteiger partial charge in [0, 0.05) is 25.5 Å². The summed E-state index contributed by atoms with van der Waals surface area (Å²) in [5, 5.41) is 0. The van der Waals surface area contributed by atoms with E-state index < -0.39 is 0 Å². The standard InChI is InChI=1S/C9H16N2/c1-8(2)6-11-4-3-9(5-10)7-11/h3-4,7-8H,5-6,10H2,1-2H3. The Morgan fingerprint density at radius 2 is 2.27 bits per heavy atom. The summed E-state index contributed by atoms with van der Waals surface area (Å²) < 4.78 is 2.19. The zero-order valence-corrected chi connectivity index (χ0v) is 7.25. The lowest BCUT2D eigenvalue weighted by Gasteiger charge is -2.04. The summed E-state index contributed by atoms with van der Waals surface area (Å²) in [6.45, 7) is 6.15. The van der Waals surface area contributed by atoms with Crippen molar-refractivity contribution in [3.63, 3.8) is 0 Å². The first-order chi connectivity index (χ1) is 5.22. The largest absolute Gasteiger partial charge is 0.354 e. The molecule has 1 heterocycles. The third kappa shape index (κ3) is 2.39. The van der Waals surface area contributed by atoms with Gasteiger partial charge in [0.2, 0.25) is 0 Å². The summed E-state index contributed by atoms with van der Waals surface area (Å²) >= 11 is 0. The molecule has 0 unspecified atom stereocenters. The smallest absolute Gasteiger partial charge is 0.0242 e. The van der Waals surface area contributed by atoms with Gasteiger partial charge < -0.3 is 10.3 Å². The lowest BCUT2D eigenvalue weighted by atomic mass is 10.2. The van der Waals surface area contributed by atoms with Crippen LogP contribution in [0.5, 0.6) is 0 Å². The summed E-state index contributed by atoms with van der Waals surface area (Å²) in [6.07, 6.45) is 4.20. The molecule has 2 N–H and O–H groups in total. The van der Waals surface area contributed by atoms with Crippen LogP contribution < -0.4 is 5.73 Å². The van der Waals surface area contributed by atoms with Crippen molar-refractivity contribution in [2.75, 3.05) is 0 Å². The monoisotopic (exact) mass is 152 g/mol. The summed E-state index contributed by atoms with van der Waals surface area (Å²) in [5.74, 6) is 0.702. The second kappa shape index (κ2) is 3.58. The van der Waals surface area contributed by atoms with Crippen LogP contribution in [-0.2, 0) is 13.1 Å². The van der Waals surface area contributed by atoms with Crippen molar-refractivity contribution in [3.8, 4) is 0 Å². The van der Waals surface area contributed by atoms with E-state index in [4.69, 9.17) is 5.73 Å². The molecular weight excluding hydrogens is 136 g/mol. The van der Waals surface area contributed by atoms with Crippen molar-refractivity contribution in [2.45, 2.75) is 26.9 Å². The van der Waals surface area contributed by atoms with E-state index in [2.05, 4.69) is 36.9 Å². The van der Waals surface area contributed by atoms with Crippen LogP contribution >= 0.6 is 0 Å². The molecule has 1 aromatic rings. The third-order valence-corrected chi connectivity index (χ3v) is 1.62. The van der Waals surface area contributed by atoms with Gasteiger partial charge in [-0.1, -0.05) is 13.8 Å². The van der Waals surface area contributed by atoms with E-state index in [9.17, 15) is 0 Å². The molecule has 2 heteroatoms. The number of nitrogens with two attached hydrogens (primary N) is 1. The SMILES string of the molecule is CC(C)Cn1ccc(CN)c1. The first-order valence-corrected chi connectivity index (χ1v) is 4.07. The Balaban J connectivity index is 2.58. The molecule has 0 fully saturated rings. The van der Waals surface area contributed by atoms with Crippen LogP contribution in [0, 0.1) is 5.92 Å². The second-order valence-electron chi connectivity index (χ2n) is 3.31. The van der Waals surface area contributed by atoms with Gasteiger partial charge in [-0.25, -0.2) is 0 Å². The Labute approximate surface area is 68.0 Å². The average Bonchev–Trinajstić information content (AvgIpc) is 2.34. The molecule has 0 atom stereocenters. The van der Waals surface area contributed by atoms with Gasteiger partial charge in [-0.05, 0) is 17.5 Å². The van der Waals surface area contributed by atoms with E-state index in [0.29, 0.717) is 12.5 Å². The fourth-order valence-corrected chi connectivity index (χ4v) is 1.15. The number of hydrogen-bond acceptors (Lipinski definition) is 1. The number of aromatic nitrogens is 1. The van der Waals surface area contributed by atoms with Gasteiger partial charge in [0.25, 0.3) is 0 Å². The van der Waals surface area contributed by atoms with Crippen molar-refractivity contribution in [2.24, 2.45) is 11.7 Å². The Hall–Kier alpha value is -0.760. The number of nitrogens with zero attached hydrogens (tertiary/aromatic N) is 1. The second-order valence-corrected chi connectivity index (χ2v) is 3.31. The van der Waals surface area contributed by atoms with Gasteiger partial charge in [-0.15, -0.1) is 0 Å². The molecule has 11 heavy (non-hydrogen) atoms. The van der Waals surface area contributed by atoms with Crippen LogP contribution in [0.1, 0.15) is 19.4 Å². The average molecular weight is 152 g/mol. The van der Waals surface area contributed by atoms with Crippen molar-refractivity contribution < 1.29 is 0 Å². The molecule has 0 saturated carbocycles. The van der Waals surface area contributed by atoms with Crippen molar-refractivity contribution in [1.29, 1.82) is 0 Å². The summed E-state index contributed by atoms with van der Waals surface area (Å²) in [6, 6.07) is 2.07. The minimum absolute atomic E-state index is 0.644. The van der Waals surface area contributed by atoms with Crippen LogP contribution in [0.3, 0.4) is 0 Å². The Bertz CT molecular complexity index is 213. The van der Waals surface area contributed by atoms with Crippen molar-refractivity contribution in [1.82, 2.24) is 4.57 Å². The Kier molecular flexibility index (Phi) is 2.71. The van der Waals surface area contributed by atoms with E-state index in [1.165, 1.54) is 5.56 Å². The van der Waals surface area contributed by atoms with E-state index in [1.54, 1.807) is 0 Å². The van der Waals surface area contributed by atoms with Crippen molar-refractivity contribution >= 4 is 0 Å². The molecule has 0 aromatic carbocycles. The van der Waals surface area contributed by atoms with Gasteiger partial charge in [0.1, 0.15) is 0 Å². The predicted molar refractivity (Wildman–Crippen MR) is 47.2 cm³/mol. The highest BCUT2D eigenvalue weighted by atomic mass is 14.9.